The van der Waals surface area contributed by atoms with E-state index in [-0.39, 0.29) is 6.54 Å². The maximum atomic E-state index is 10.1. The van der Waals surface area contributed by atoms with E-state index in [1.54, 1.807) is 0 Å². The fourth-order valence-corrected chi connectivity index (χ4v) is 0.886. The Morgan fingerprint density at radius 2 is 1.77 bits per heavy atom. The van der Waals surface area contributed by atoms with Crippen LogP contribution in [-0.4, -0.2) is 43.8 Å². The third-order valence-corrected chi connectivity index (χ3v) is 1.54. The molecule has 0 saturated carbocycles. The molecule has 0 atom stereocenters. The summed E-state index contributed by atoms with van der Waals surface area (Å²) in [5.41, 5.74) is 5.31. The lowest BCUT2D eigenvalue weighted by molar-refractivity contribution is -0.135. The van der Waals surface area contributed by atoms with Crippen LogP contribution in [-0.2, 0) is 4.79 Å². The smallest absolute Gasteiger partial charge is 0.317 e. The van der Waals surface area contributed by atoms with E-state index in [2.05, 4.69) is 10.6 Å². The number of aliphatic carboxylic acids is 1. The van der Waals surface area contributed by atoms with Crippen molar-refractivity contribution in [2.24, 2.45) is 5.73 Å². The van der Waals surface area contributed by atoms with Gasteiger partial charge >= 0.3 is 5.97 Å². The van der Waals surface area contributed by atoms with Crippen molar-refractivity contribution in [1.82, 2.24) is 10.6 Å². The van der Waals surface area contributed by atoms with E-state index in [4.69, 9.17) is 10.8 Å². The van der Waals surface area contributed by atoms with Crippen LogP contribution in [0.3, 0.4) is 0 Å². The van der Waals surface area contributed by atoms with Crippen LogP contribution in [0, 0.1) is 0 Å². The summed E-state index contributed by atoms with van der Waals surface area (Å²) in [6.45, 7) is 3.34. The molecule has 78 valence electrons. The lowest BCUT2D eigenvalue weighted by atomic mass is 10.4. The van der Waals surface area contributed by atoms with E-state index in [1.165, 1.54) is 0 Å². The Labute approximate surface area is 78.7 Å². The molecule has 0 amide bonds. The number of carbonyl (C=O) groups is 1. The number of nitrogens with two attached hydrogens (primary N) is 1. The lowest BCUT2D eigenvalue weighted by Crippen LogP contribution is -2.27. The predicted molar refractivity (Wildman–Crippen MR) is 51.7 cm³/mol. The van der Waals surface area contributed by atoms with Crippen LogP contribution in [0.15, 0.2) is 0 Å². The molecule has 5 nitrogen and oxygen atoms in total. The van der Waals surface area contributed by atoms with Gasteiger partial charge in [0.2, 0.25) is 0 Å². The summed E-state index contributed by atoms with van der Waals surface area (Å²) < 4.78 is 0. The highest BCUT2D eigenvalue weighted by Crippen LogP contribution is 1.75. The number of hydrogen-bond donors (Lipinski definition) is 4. The van der Waals surface area contributed by atoms with Gasteiger partial charge < -0.3 is 21.5 Å². The minimum Gasteiger partial charge on any atom is -0.480 e. The molecule has 0 aromatic carbocycles. The van der Waals surface area contributed by atoms with Gasteiger partial charge in [-0.3, -0.25) is 4.79 Å². The molecular weight excluding hydrogens is 170 g/mol. The van der Waals surface area contributed by atoms with Crippen molar-refractivity contribution >= 4 is 5.97 Å². The highest BCUT2D eigenvalue weighted by atomic mass is 16.4. The fraction of sp³-hybridized carbons (Fsp3) is 0.875. The van der Waals surface area contributed by atoms with Gasteiger partial charge in [-0.05, 0) is 39.0 Å². The molecule has 0 bridgehead atoms. The molecule has 5 heteroatoms. The van der Waals surface area contributed by atoms with E-state index in [0.29, 0.717) is 6.54 Å². The second kappa shape index (κ2) is 9.44. The average molecular weight is 189 g/mol. The van der Waals surface area contributed by atoms with Gasteiger partial charge in [0.05, 0.1) is 6.54 Å². The third kappa shape index (κ3) is 11.3. The summed E-state index contributed by atoms with van der Waals surface area (Å²) in [6.07, 6.45) is 1.93. The van der Waals surface area contributed by atoms with Crippen LogP contribution < -0.4 is 16.4 Å². The predicted octanol–water partition coefficient (Wildman–Crippen LogP) is -1.01. The number of hydrogen-bond acceptors (Lipinski definition) is 4. The van der Waals surface area contributed by atoms with E-state index >= 15 is 0 Å². The van der Waals surface area contributed by atoms with Crippen LogP contribution in [0.2, 0.25) is 0 Å². The van der Waals surface area contributed by atoms with Gasteiger partial charge in [-0.25, -0.2) is 0 Å². The quantitative estimate of drug-likeness (QED) is 0.349. The van der Waals surface area contributed by atoms with E-state index in [0.717, 1.165) is 32.5 Å². The minimum atomic E-state index is -0.809. The molecule has 13 heavy (non-hydrogen) atoms. The van der Waals surface area contributed by atoms with Crippen LogP contribution in [0.1, 0.15) is 12.8 Å². The zero-order valence-electron chi connectivity index (χ0n) is 7.88. The first kappa shape index (κ1) is 12.3. The molecule has 0 radical (unpaired) electrons. The van der Waals surface area contributed by atoms with Gasteiger partial charge in [0.1, 0.15) is 0 Å². The molecule has 0 aliphatic heterocycles. The molecule has 0 aliphatic carbocycles. The second-order valence-corrected chi connectivity index (χ2v) is 2.82. The van der Waals surface area contributed by atoms with Crippen molar-refractivity contribution in [2.75, 3.05) is 32.7 Å². The highest BCUT2D eigenvalue weighted by molar-refractivity contribution is 5.68. The van der Waals surface area contributed by atoms with Gasteiger partial charge in [-0.15, -0.1) is 0 Å². The molecule has 0 rings (SSSR count). The second-order valence-electron chi connectivity index (χ2n) is 2.82. The summed E-state index contributed by atoms with van der Waals surface area (Å²) in [5, 5.41) is 14.3. The number of nitrogens with one attached hydrogen (secondary N) is 2. The van der Waals surface area contributed by atoms with Gasteiger partial charge in [0.25, 0.3) is 0 Å². The number of carboxylic acid groups (broad SMARTS) is 1. The zero-order chi connectivity index (χ0) is 9.94. The van der Waals surface area contributed by atoms with Crippen LogP contribution in [0.25, 0.3) is 0 Å². The van der Waals surface area contributed by atoms with Crippen molar-refractivity contribution in [3.63, 3.8) is 0 Å². The molecule has 0 unspecified atom stereocenters. The lowest BCUT2D eigenvalue weighted by Gasteiger charge is -2.03. The van der Waals surface area contributed by atoms with Crippen molar-refractivity contribution in [2.45, 2.75) is 12.8 Å². The number of rotatable bonds is 9. The van der Waals surface area contributed by atoms with E-state index in [9.17, 15) is 4.79 Å². The Morgan fingerprint density at radius 1 is 1.15 bits per heavy atom. The molecule has 0 spiro atoms. The maximum absolute atomic E-state index is 10.1. The Balaban J connectivity index is 2.87. The highest BCUT2D eigenvalue weighted by Gasteiger charge is 1.93. The van der Waals surface area contributed by atoms with Crippen LogP contribution >= 0.6 is 0 Å². The van der Waals surface area contributed by atoms with Gasteiger partial charge in [0, 0.05) is 0 Å². The van der Waals surface area contributed by atoms with Crippen LogP contribution in [0.4, 0.5) is 0 Å². The Kier molecular flexibility index (Phi) is 8.97. The summed E-state index contributed by atoms with van der Waals surface area (Å²) in [6, 6.07) is 0. The molecule has 5 N–H and O–H groups in total. The minimum absolute atomic E-state index is 0.0444. The maximum Gasteiger partial charge on any atom is 0.317 e. The molecule has 0 aromatic heterocycles. The van der Waals surface area contributed by atoms with Crippen molar-refractivity contribution in [3.05, 3.63) is 0 Å². The first-order valence-electron chi connectivity index (χ1n) is 4.60. The first-order chi connectivity index (χ1) is 6.27. The molecule has 0 aromatic rings. The molecule has 0 aliphatic rings. The van der Waals surface area contributed by atoms with Crippen molar-refractivity contribution < 1.29 is 9.90 Å². The summed E-state index contributed by atoms with van der Waals surface area (Å²) in [4.78, 5) is 10.1. The third-order valence-electron chi connectivity index (χ3n) is 1.54. The van der Waals surface area contributed by atoms with Crippen molar-refractivity contribution in [1.29, 1.82) is 0 Å². The molecular formula is C8H19N3O2. The molecule has 0 heterocycles. The largest absolute Gasteiger partial charge is 0.480 e. The Bertz CT molecular complexity index is 131. The van der Waals surface area contributed by atoms with E-state index in [1.807, 2.05) is 0 Å². The standard InChI is InChI=1S/C8H19N3O2/c9-3-1-4-10-5-2-6-11-7-8(12)13/h10-11H,1-7,9H2,(H,12,13). The normalized spacial score (nSPS) is 10.2. The van der Waals surface area contributed by atoms with Gasteiger partial charge in [-0.1, -0.05) is 0 Å². The molecule has 0 saturated heterocycles. The summed E-state index contributed by atoms with van der Waals surface area (Å²) >= 11 is 0. The zero-order valence-corrected chi connectivity index (χ0v) is 7.88. The average Bonchev–Trinajstić information content (AvgIpc) is 2.09. The van der Waals surface area contributed by atoms with E-state index < -0.39 is 5.97 Å². The van der Waals surface area contributed by atoms with Gasteiger partial charge in [-0.2, -0.15) is 0 Å². The summed E-state index contributed by atoms with van der Waals surface area (Å²) in [5.74, 6) is -0.809. The Morgan fingerprint density at radius 3 is 2.38 bits per heavy atom. The SMILES string of the molecule is NCCCNCCCNCC(=O)O. The summed E-state index contributed by atoms with van der Waals surface area (Å²) in [7, 11) is 0. The van der Waals surface area contributed by atoms with Crippen LogP contribution in [0.5, 0.6) is 0 Å². The topological polar surface area (TPSA) is 87.4 Å². The first-order valence-corrected chi connectivity index (χ1v) is 4.60. The Hall–Kier alpha value is -0.650. The number of carboxylic acids is 1. The van der Waals surface area contributed by atoms with Crippen molar-refractivity contribution in [3.8, 4) is 0 Å². The monoisotopic (exact) mass is 189 g/mol. The van der Waals surface area contributed by atoms with Gasteiger partial charge in [0.15, 0.2) is 0 Å². The fourth-order valence-electron chi connectivity index (χ4n) is 0.886. The molecule has 0 fully saturated rings.